The molecule has 22 heavy (non-hydrogen) atoms. The second kappa shape index (κ2) is 7.37. The summed E-state index contributed by atoms with van der Waals surface area (Å²) in [7, 11) is 0. The molecule has 0 aliphatic heterocycles. The van der Waals surface area contributed by atoms with E-state index < -0.39 is 12.0 Å². The average Bonchev–Trinajstić information content (AvgIpc) is 2.48. The molecule has 0 aliphatic rings. The molecule has 2 rings (SSSR count). The van der Waals surface area contributed by atoms with Crippen molar-refractivity contribution in [1.29, 1.82) is 0 Å². The van der Waals surface area contributed by atoms with Gasteiger partial charge < -0.3 is 10.5 Å². The van der Waals surface area contributed by atoms with E-state index in [9.17, 15) is 9.59 Å². The molecule has 0 atom stereocenters. The van der Waals surface area contributed by atoms with Gasteiger partial charge in [0.25, 0.3) is 0 Å². The van der Waals surface area contributed by atoms with Gasteiger partial charge in [-0.1, -0.05) is 22.0 Å². The Bertz CT molecular complexity index is 714. The van der Waals surface area contributed by atoms with Crippen molar-refractivity contribution in [3.63, 3.8) is 0 Å². The predicted octanol–water partition coefficient (Wildman–Crippen LogP) is 2.67. The molecule has 112 valence electrons. The maximum atomic E-state index is 12.0. The van der Waals surface area contributed by atoms with Gasteiger partial charge in [-0.3, -0.25) is 0 Å². The van der Waals surface area contributed by atoms with E-state index in [1.54, 1.807) is 42.5 Å². The van der Waals surface area contributed by atoms with E-state index in [1.165, 1.54) is 6.21 Å². The van der Waals surface area contributed by atoms with E-state index in [1.807, 2.05) is 6.07 Å². The van der Waals surface area contributed by atoms with E-state index in [-0.39, 0.29) is 0 Å². The van der Waals surface area contributed by atoms with Crippen molar-refractivity contribution in [1.82, 2.24) is 5.43 Å². The van der Waals surface area contributed by atoms with Crippen molar-refractivity contribution in [3.05, 3.63) is 64.1 Å². The van der Waals surface area contributed by atoms with Crippen LogP contribution in [0.1, 0.15) is 15.9 Å². The molecule has 3 N–H and O–H groups in total. The van der Waals surface area contributed by atoms with Gasteiger partial charge >= 0.3 is 12.0 Å². The van der Waals surface area contributed by atoms with Crippen molar-refractivity contribution in [2.45, 2.75) is 0 Å². The highest BCUT2D eigenvalue weighted by atomic mass is 79.9. The molecule has 2 aromatic carbocycles. The zero-order chi connectivity index (χ0) is 15.9. The van der Waals surface area contributed by atoms with Gasteiger partial charge in [0.2, 0.25) is 0 Å². The standard InChI is InChI=1S/C15H12BrN3O3/c16-12-3-1-2-11(8-12)14(20)22-13-6-4-10(5-7-13)9-18-19-15(17)21/h1-9H,(H3,17,19,21). The van der Waals surface area contributed by atoms with Crippen LogP contribution in [0.5, 0.6) is 5.75 Å². The first-order valence-electron chi connectivity index (χ1n) is 6.21. The van der Waals surface area contributed by atoms with Gasteiger partial charge in [-0.25, -0.2) is 15.0 Å². The highest BCUT2D eigenvalue weighted by Gasteiger charge is 2.08. The lowest BCUT2D eigenvalue weighted by Gasteiger charge is -2.05. The van der Waals surface area contributed by atoms with Crippen LogP contribution in [0.4, 0.5) is 4.79 Å². The minimum Gasteiger partial charge on any atom is -0.423 e. The summed E-state index contributed by atoms with van der Waals surface area (Å²) in [5.41, 5.74) is 8.13. The summed E-state index contributed by atoms with van der Waals surface area (Å²) in [6.45, 7) is 0. The SMILES string of the molecule is NC(=O)NN=Cc1ccc(OC(=O)c2cccc(Br)c2)cc1. The molecular formula is C15H12BrN3O3. The lowest BCUT2D eigenvalue weighted by atomic mass is 10.2. The van der Waals surface area contributed by atoms with Gasteiger partial charge in [-0.05, 0) is 48.0 Å². The number of carbonyl (C=O) groups is 2. The van der Waals surface area contributed by atoms with Crippen molar-refractivity contribution in [3.8, 4) is 5.75 Å². The van der Waals surface area contributed by atoms with Gasteiger partial charge in [0, 0.05) is 4.47 Å². The Hall–Kier alpha value is -2.67. The van der Waals surface area contributed by atoms with Gasteiger partial charge in [0.15, 0.2) is 0 Å². The molecule has 0 heterocycles. The molecular weight excluding hydrogens is 350 g/mol. The number of ether oxygens (including phenoxy) is 1. The van der Waals surface area contributed by atoms with Crippen LogP contribution in [-0.2, 0) is 0 Å². The number of rotatable bonds is 4. The van der Waals surface area contributed by atoms with E-state index >= 15 is 0 Å². The predicted molar refractivity (Wildman–Crippen MR) is 85.9 cm³/mol. The quantitative estimate of drug-likeness (QED) is 0.379. The molecule has 2 amide bonds. The number of amides is 2. The van der Waals surface area contributed by atoms with Gasteiger partial charge in [0.1, 0.15) is 5.75 Å². The van der Waals surface area contributed by atoms with E-state index in [2.05, 4.69) is 26.5 Å². The summed E-state index contributed by atoms with van der Waals surface area (Å²) in [5.74, 6) is -0.0388. The maximum absolute atomic E-state index is 12.0. The third kappa shape index (κ3) is 4.71. The fourth-order valence-corrected chi connectivity index (χ4v) is 1.97. The Labute approximate surface area is 135 Å². The molecule has 7 heteroatoms. The molecule has 2 aromatic rings. The summed E-state index contributed by atoms with van der Waals surface area (Å²) in [6, 6.07) is 12.8. The lowest BCUT2D eigenvalue weighted by molar-refractivity contribution is 0.0734. The van der Waals surface area contributed by atoms with Gasteiger partial charge in [-0.2, -0.15) is 5.10 Å². The fourth-order valence-electron chi connectivity index (χ4n) is 1.57. The average molecular weight is 362 g/mol. The number of esters is 1. The molecule has 0 radical (unpaired) electrons. The molecule has 6 nitrogen and oxygen atoms in total. The number of halogens is 1. The second-order valence-electron chi connectivity index (χ2n) is 4.20. The fraction of sp³-hybridized carbons (Fsp3) is 0. The zero-order valence-electron chi connectivity index (χ0n) is 11.3. The Morgan fingerprint density at radius 3 is 2.55 bits per heavy atom. The highest BCUT2D eigenvalue weighted by molar-refractivity contribution is 9.10. The van der Waals surface area contributed by atoms with Gasteiger partial charge in [0.05, 0.1) is 11.8 Å². The van der Waals surface area contributed by atoms with E-state index in [4.69, 9.17) is 10.5 Å². The molecule has 0 spiro atoms. The minimum absolute atomic E-state index is 0.407. The van der Waals surface area contributed by atoms with Crippen LogP contribution < -0.4 is 15.9 Å². The first kappa shape index (κ1) is 15.7. The van der Waals surface area contributed by atoms with Crippen molar-refractivity contribution in [2.75, 3.05) is 0 Å². The number of hydrogen-bond donors (Lipinski definition) is 2. The summed E-state index contributed by atoms with van der Waals surface area (Å²) >= 11 is 3.30. The molecule has 0 aliphatic carbocycles. The Morgan fingerprint density at radius 2 is 1.91 bits per heavy atom. The van der Waals surface area contributed by atoms with Crippen LogP contribution in [-0.4, -0.2) is 18.2 Å². The molecule has 0 saturated carbocycles. The number of carbonyl (C=O) groups excluding carboxylic acids is 2. The number of nitrogens with one attached hydrogen (secondary N) is 1. The zero-order valence-corrected chi connectivity index (χ0v) is 12.9. The highest BCUT2D eigenvalue weighted by Crippen LogP contribution is 2.16. The number of hydrogen-bond acceptors (Lipinski definition) is 4. The summed E-state index contributed by atoms with van der Waals surface area (Å²) in [5, 5.41) is 3.63. The molecule has 0 aromatic heterocycles. The maximum Gasteiger partial charge on any atom is 0.343 e. The number of primary amides is 1. The van der Waals surface area contributed by atoms with Crippen LogP contribution in [0.2, 0.25) is 0 Å². The van der Waals surface area contributed by atoms with E-state index in [0.717, 1.165) is 10.0 Å². The van der Waals surface area contributed by atoms with Gasteiger partial charge in [-0.15, -0.1) is 0 Å². The number of urea groups is 1. The molecule has 0 bridgehead atoms. The third-order valence-electron chi connectivity index (χ3n) is 2.54. The summed E-state index contributed by atoms with van der Waals surface area (Å²) in [6.07, 6.45) is 1.42. The number of nitrogens with two attached hydrogens (primary N) is 1. The Kier molecular flexibility index (Phi) is 5.26. The third-order valence-corrected chi connectivity index (χ3v) is 3.03. The smallest absolute Gasteiger partial charge is 0.343 e. The lowest BCUT2D eigenvalue weighted by Crippen LogP contribution is -2.24. The van der Waals surface area contributed by atoms with Crippen LogP contribution in [0.3, 0.4) is 0 Å². The van der Waals surface area contributed by atoms with Crippen molar-refractivity contribution in [2.24, 2.45) is 10.8 Å². The summed E-state index contributed by atoms with van der Waals surface area (Å²) < 4.78 is 6.06. The molecule has 0 saturated heterocycles. The Morgan fingerprint density at radius 1 is 1.18 bits per heavy atom. The Balaban J connectivity index is 2.00. The van der Waals surface area contributed by atoms with Crippen LogP contribution in [0.25, 0.3) is 0 Å². The monoisotopic (exact) mass is 361 g/mol. The molecule has 0 fully saturated rings. The second-order valence-corrected chi connectivity index (χ2v) is 5.12. The normalized spacial score (nSPS) is 10.4. The topological polar surface area (TPSA) is 93.8 Å². The minimum atomic E-state index is -0.740. The number of hydrazone groups is 1. The first-order valence-corrected chi connectivity index (χ1v) is 7.00. The van der Waals surface area contributed by atoms with Crippen LogP contribution in [0, 0.1) is 0 Å². The van der Waals surface area contributed by atoms with Crippen LogP contribution >= 0.6 is 15.9 Å². The van der Waals surface area contributed by atoms with E-state index in [0.29, 0.717) is 11.3 Å². The number of nitrogens with zero attached hydrogens (tertiary/aromatic N) is 1. The largest absolute Gasteiger partial charge is 0.423 e. The van der Waals surface area contributed by atoms with Crippen molar-refractivity contribution < 1.29 is 14.3 Å². The van der Waals surface area contributed by atoms with Crippen molar-refractivity contribution >= 4 is 34.1 Å². The van der Waals surface area contributed by atoms with Crippen LogP contribution in [0.15, 0.2) is 58.1 Å². The first-order chi connectivity index (χ1) is 10.5. The molecule has 0 unspecified atom stereocenters. The number of benzene rings is 2. The summed E-state index contributed by atoms with van der Waals surface area (Å²) in [4.78, 5) is 22.4.